The molecule has 7 aliphatic carbocycles. The van der Waals surface area contributed by atoms with Crippen molar-refractivity contribution < 1.29 is 0 Å². The SMILES string of the molecule is C1=CC2C(C(C3=CC=C(N(c4ccccc4)C4C=CCC4)CC3)=C1)c1ccccc1C21c2ccccc2-c2ccc(-c3ccc(N(C4=CCCC=C4C4=CCCC=C4)c4ccccc4)cc3)cc21. The van der Waals surface area contributed by atoms with Crippen LogP contribution in [0, 0.1) is 5.92 Å². The van der Waals surface area contributed by atoms with Crippen LogP contribution in [0.4, 0.5) is 17.1 Å². The third-order valence-corrected chi connectivity index (χ3v) is 15.9. The zero-order chi connectivity index (χ0) is 45.0. The van der Waals surface area contributed by atoms with Gasteiger partial charge in [-0.15, -0.1) is 0 Å². The van der Waals surface area contributed by atoms with Crippen molar-refractivity contribution in [1.29, 1.82) is 0 Å². The van der Waals surface area contributed by atoms with Gasteiger partial charge in [0.05, 0.1) is 11.5 Å². The molecule has 4 atom stereocenters. The standard InChI is InChI=1S/C66H56N2/c1-4-19-47(20-5-1)55-27-14-17-34-64(55)68(52-23-8-3-9-24-52)54-40-35-46(36-41-54)49-39-44-58-57-28-12-15-31-60(57)66(63(58)45-49)61-32-16-13-29-59(61)65-56(30-18-33-62(65)66)48-37-42-53(43-38-48)67(51-25-10-11-26-51)50-21-6-2-7-22-50/h2-4,6-10,12-13,15-16,18-25,27-37,39-42,44-45,51,62,65H,1,5,11,14,17,26,38,43H2. The lowest BCUT2D eigenvalue weighted by Crippen LogP contribution is -2.34. The molecule has 0 heterocycles. The second-order valence-electron chi connectivity index (χ2n) is 19.5. The minimum Gasteiger partial charge on any atom is -0.338 e. The highest BCUT2D eigenvalue weighted by Crippen LogP contribution is 2.67. The Morgan fingerprint density at radius 2 is 1.24 bits per heavy atom. The van der Waals surface area contributed by atoms with Gasteiger partial charge in [-0.05, 0) is 161 Å². The third-order valence-electron chi connectivity index (χ3n) is 15.9. The van der Waals surface area contributed by atoms with Gasteiger partial charge in [-0.3, -0.25) is 0 Å². The molecular weight excluding hydrogens is 821 g/mol. The van der Waals surface area contributed by atoms with Crippen molar-refractivity contribution in [3.8, 4) is 22.3 Å². The van der Waals surface area contributed by atoms with Crippen LogP contribution in [0.15, 0.2) is 258 Å². The van der Waals surface area contributed by atoms with Gasteiger partial charge in [0.25, 0.3) is 0 Å². The van der Waals surface area contributed by atoms with Gasteiger partial charge >= 0.3 is 0 Å². The molecule has 4 unspecified atom stereocenters. The molecule has 0 amide bonds. The first-order chi connectivity index (χ1) is 33.8. The van der Waals surface area contributed by atoms with Crippen LogP contribution in [0.25, 0.3) is 22.3 Å². The van der Waals surface area contributed by atoms with Crippen molar-refractivity contribution in [1.82, 2.24) is 0 Å². The molecule has 330 valence electrons. The summed E-state index contributed by atoms with van der Waals surface area (Å²) in [7, 11) is 0. The van der Waals surface area contributed by atoms with Crippen molar-refractivity contribution in [2.45, 2.75) is 68.7 Å². The number of anilines is 3. The zero-order valence-corrected chi connectivity index (χ0v) is 38.6. The van der Waals surface area contributed by atoms with Crippen LogP contribution in [0.2, 0.25) is 0 Å². The number of hydrogen-bond acceptors (Lipinski definition) is 2. The Hall–Kier alpha value is -7.42. The summed E-state index contributed by atoms with van der Waals surface area (Å²) in [5, 5.41) is 0. The molecule has 6 aromatic rings. The minimum absolute atomic E-state index is 0.232. The van der Waals surface area contributed by atoms with E-state index in [-0.39, 0.29) is 17.3 Å². The average molecular weight is 877 g/mol. The lowest BCUT2D eigenvalue weighted by atomic mass is 9.63. The second kappa shape index (κ2) is 17.0. The summed E-state index contributed by atoms with van der Waals surface area (Å²) in [6.45, 7) is 0. The van der Waals surface area contributed by atoms with Crippen molar-refractivity contribution in [3.63, 3.8) is 0 Å². The minimum atomic E-state index is -0.323. The largest absolute Gasteiger partial charge is 0.338 e. The molecule has 0 fully saturated rings. The van der Waals surface area contributed by atoms with Crippen LogP contribution in [0.5, 0.6) is 0 Å². The number of rotatable bonds is 9. The van der Waals surface area contributed by atoms with Gasteiger partial charge in [0, 0.05) is 45.9 Å². The van der Waals surface area contributed by atoms with Crippen LogP contribution in [-0.4, -0.2) is 6.04 Å². The van der Waals surface area contributed by atoms with Crippen LogP contribution < -0.4 is 9.80 Å². The van der Waals surface area contributed by atoms with E-state index in [1.807, 2.05) is 0 Å². The molecule has 2 heteroatoms. The van der Waals surface area contributed by atoms with Gasteiger partial charge in [0.15, 0.2) is 0 Å². The quantitative estimate of drug-likeness (QED) is 0.134. The predicted molar refractivity (Wildman–Crippen MR) is 284 cm³/mol. The van der Waals surface area contributed by atoms with Gasteiger partial charge in [0.2, 0.25) is 0 Å². The summed E-state index contributed by atoms with van der Waals surface area (Å²) < 4.78 is 0. The molecule has 13 rings (SSSR count). The summed E-state index contributed by atoms with van der Waals surface area (Å²) in [5.41, 5.74) is 22.6. The molecule has 68 heavy (non-hydrogen) atoms. The summed E-state index contributed by atoms with van der Waals surface area (Å²) in [4.78, 5) is 5.06. The fourth-order valence-electron chi connectivity index (χ4n) is 13.0. The van der Waals surface area contributed by atoms with Crippen LogP contribution >= 0.6 is 0 Å². The molecule has 0 aromatic heterocycles. The van der Waals surface area contributed by atoms with E-state index < -0.39 is 0 Å². The van der Waals surface area contributed by atoms with E-state index in [9.17, 15) is 0 Å². The topological polar surface area (TPSA) is 6.48 Å². The summed E-state index contributed by atoms with van der Waals surface area (Å²) in [6.07, 6.45) is 37.7. The molecule has 1 spiro atoms. The molecule has 6 aromatic carbocycles. The molecule has 0 saturated heterocycles. The van der Waals surface area contributed by atoms with E-state index in [2.05, 4.69) is 234 Å². The number of hydrogen-bond donors (Lipinski definition) is 0. The van der Waals surface area contributed by atoms with Gasteiger partial charge in [-0.25, -0.2) is 0 Å². The van der Waals surface area contributed by atoms with Crippen LogP contribution in [0.3, 0.4) is 0 Å². The van der Waals surface area contributed by atoms with E-state index in [4.69, 9.17) is 0 Å². The Morgan fingerprint density at radius 3 is 2.01 bits per heavy atom. The number of para-hydroxylation sites is 2. The Kier molecular flexibility index (Phi) is 10.2. The highest BCUT2D eigenvalue weighted by Gasteiger charge is 2.58. The number of allylic oxidation sites excluding steroid dienone is 15. The summed E-state index contributed by atoms with van der Waals surface area (Å²) in [5.74, 6) is 0.481. The van der Waals surface area contributed by atoms with Crippen molar-refractivity contribution in [3.05, 3.63) is 281 Å². The Morgan fingerprint density at radius 1 is 0.515 bits per heavy atom. The Bertz CT molecular complexity index is 3240. The zero-order valence-electron chi connectivity index (χ0n) is 38.6. The van der Waals surface area contributed by atoms with Crippen molar-refractivity contribution in [2.75, 3.05) is 9.80 Å². The molecule has 0 bridgehead atoms. The van der Waals surface area contributed by atoms with Crippen LogP contribution in [0.1, 0.15) is 79.5 Å². The maximum absolute atomic E-state index is 2.60. The summed E-state index contributed by atoms with van der Waals surface area (Å²) >= 11 is 0. The molecule has 0 N–H and O–H groups in total. The monoisotopic (exact) mass is 876 g/mol. The average Bonchev–Trinajstić information content (AvgIpc) is 4.13. The van der Waals surface area contributed by atoms with Gasteiger partial charge in [0.1, 0.15) is 0 Å². The van der Waals surface area contributed by atoms with Gasteiger partial charge in [-0.2, -0.15) is 0 Å². The van der Waals surface area contributed by atoms with E-state index in [1.54, 1.807) is 0 Å². The second-order valence-corrected chi connectivity index (χ2v) is 19.5. The van der Waals surface area contributed by atoms with E-state index in [1.165, 1.54) is 95.3 Å². The predicted octanol–water partition coefficient (Wildman–Crippen LogP) is 16.7. The van der Waals surface area contributed by atoms with Crippen LogP contribution in [-0.2, 0) is 5.41 Å². The third kappa shape index (κ3) is 6.60. The fraction of sp³-hybridized carbons (Fsp3) is 0.182. The number of benzene rings is 6. The maximum Gasteiger partial charge on any atom is 0.0538 e. The lowest BCUT2D eigenvalue weighted by Gasteiger charge is -2.38. The van der Waals surface area contributed by atoms with Crippen molar-refractivity contribution >= 4 is 17.1 Å². The normalized spacial score (nSPS) is 22.8. The molecular formula is C66H56N2. The first-order valence-corrected chi connectivity index (χ1v) is 25.1. The van der Waals surface area contributed by atoms with E-state index in [0.717, 1.165) is 51.4 Å². The van der Waals surface area contributed by atoms with Crippen molar-refractivity contribution in [2.24, 2.45) is 5.92 Å². The first kappa shape index (κ1) is 40.8. The highest BCUT2D eigenvalue weighted by atomic mass is 15.2. The molecule has 0 saturated carbocycles. The Labute approximate surface area is 402 Å². The number of fused-ring (bicyclic) bond motifs is 10. The molecule has 7 aliphatic rings. The highest BCUT2D eigenvalue weighted by molar-refractivity contribution is 5.89. The van der Waals surface area contributed by atoms with E-state index >= 15 is 0 Å². The van der Waals surface area contributed by atoms with Gasteiger partial charge in [-0.1, -0.05) is 176 Å². The van der Waals surface area contributed by atoms with Gasteiger partial charge < -0.3 is 9.80 Å². The lowest BCUT2D eigenvalue weighted by molar-refractivity contribution is 0.455. The molecule has 0 aliphatic heterocycles. The smallest absolute Gasteiger partial charge is 0.0538 e. The maximum atomic E-state index is 2.60. The molecule has 0 radical (unpaired) electrons. The first-order valence-electron chi connectivity index (χ1n) is 25.1. The summed E-state index contributed by atoms with van der Waals surface area (Å²) in [6, 6.07) is 57.8. The van der Waals surface area contributed by atoms with E-state index in [0.29, 0.717) is 6.04 Å². The Balaban J connectivity index is 0.881. The molecule has 2 nitrogen and oxygen atoms in total. The fourth-order valence-corrected chi connectivity index (χ4v) is 13.0. The number of nitrogens with zero attached hydrogens (tertiary/aromatic N) is 2.